The minimum atomic E-state index is -0.348. The van der Waals surface area contributed by atoms with Crippen molar-refractivity contribution < 1.29 is 4.39 Å². The molecule has 102 valence electrons. The molecule has 1 aromatic heterocycles. The Morgan fingerprint density at radius 3 is 2.84 bits per heavy atom. The lowest BCUT2D eigenvalue weighted by molar-refractivity contribution is 0.588. The molecule has 1 heterocycles. The van der Waals surface area contributed by atoms with Gasteiger partial charge in [0.15, 0.2) is 0 Å². The van der Waals surface area contributed by atoms with Gasteiger partial charge in [-0.1, -0.05) is 36.8 Å². The second-order valence-corrected chi connectivity index (χ2v) is 5.95. The first kappa shape index (κ1) is 14.4. The van der Waals surface area contributed by atoms with E-state index in [1.165, 1.54) is 23.5 Å². The molecule has 0 fully saturated rings. The van der Waals surface area contributed by atoms with Crippen molar-refractivity contribution in [3.8, 4) is 10.6 Å². The maximum absolute atomic E-state index is 13.0. The largest absolute Gasteiger partial charge is 0.314 e. The highest BCUT2D eigenvalue weighted by Gasteiger charge is 2.10. The van der Waals surface area contributed by atoms with E-state index in [2.05, 4.69) is 29.4 Å². The third-order valence-electron chi connectivity index (χ3n) is 2.52. The number of hydrogen-bond donors (Lipinski definition) is 1. The molecule has 0 spiro atoms. The summed E-state index contributed by atoms with van der Waals surface area (Å²) in [7, 11) is 0. The van der Waals surface area contributed by atoms with E-state index in [1.54, 1.807) is 6.07 Å². The van der Waals surface area contributed by atoms with Crippen LogP contribution in [-0.2, 0) is 6.42 Å². The van der Waals surface area contributed by atoms with Crippen molar-refractivity contribution in [3.63, 3.8) is 0 Å². The number of nitrogens with one attached hydrogen (secondary N) is 1. The van der Waals surface area contributed by atoms with Gasteiger partial charge in [-0.05, 0) is 18.2 Å². The Bertz CT molecular complexity index is 557. The molecule has 0 bridgehead atoms. The first-order valence-corrected chi connectivity index (χ1v) is 7.27. The van der Waals surface area contributed by atoms with Crippen molar-refractivity contribution in [3.05, 3.63) is 34.0 Å². The molecule has 1 N–H and O–H groups in total. The van der Waals surface area contributed by atoms with Crippen LogP contribution in [0.1, 0.15) is 18.9 Å². The van der Waals surface area contributed by atoms with Crippen molar-refractivity contribution >= 4 is 22.9 Å². The lowest BCUT2D eigenvalue weighted by atomic mass is 10.2. The Kier molecular flexibility index (Phi) is 4.85. The molecule has 1 aromatic carbocycles. The van der Waals surface area contributed by atoms with Crippen LogP contribution >= 0.6 is 22.9 Å². The van der Waals surface area contributed by atoms with Crippen LogP contribution in [0.5, 0.6) is 0 Å². The lowest BCUT2D eigenvalue weighted by Gasteiger charge is -2.05. The molecular formula is C13H15ClFN3S. The van der Waals surface area contributed by atoms with Crippen LogP contribution < -0.4 is 5.32 Å². The highest BCUT2D eigenvalue weighted by Crippen LogP contribution is 2.30. The van der Waals surface area contributed by atoms with Gasteiger partial charge in [0.05, 0.1) is 5.02 Å². The molecule has 3 nitrogen and oxygen atoms in total. The van der Waals surface area contributed by atoms with Crippen molar-refractivity contribution in [2.75, 3.05) is 6.54 Å². The molecule has 0 aliphatic heterocycles. The summed E-state index contributed by atoms with van der Waals surface area (Å²) in [6.45, 7) is 5.07. The topological polar surface area (TPSA) is 37.8 Å². The van der Waals surface area contributed by atoms with Crippen LogP contribution in [0.3, 0.4) is 0 Å². The van der Waals surface area contributed by atoms with Gasteiger partial charge in [-0.15, -0.1) is 10.2 Å². The normalized spacial score (nSPS) is 11.2. The standard InChI is InChI=1S/C13H15ClFN3S/c1-8(2)16-6-5-12-17-18-13(19-12)10-4-3-9(15)7-11(10)14/h3-4,7-8,16H,5-6H2,1-2H3. The summed E-state index contributed by atoms with van der Waals surface area (Å²) in [5.74, 6) is -0.348. The van der Waals surface area contributed by atoms with Crippen LogP contribution in [0.15, 0.2) is 18.2 Å². The highest BCUT2D eigenvalue weighted by atomic mass is 35.5. The fraction of sp³-hybridized carbons (Fsp3) is 0.385. The van der Waals surface area contributed by atoms with Crippen molar-refractivity contribution in [2.45, 2.75) is 26.3 Å². The van der Waals surface area contributed by atoms with E-state index in [0.717, 1.165) is 28.5 Å². The molecule has 0 aliphatic rings. The molecule has 0 atom stereocenters. The number of benzene rings is 1. The second kappa shape index (κ2) is 6.41. The van der Waals surface area contributed by atoms with E-state index in [0.29, 0.717) is 11.1 Å². The maximum atomic E-state index is 13.0. The molecule has 6 heteroatoms. The smallest absolute Gasteiger partial charge is 0.149 e. The van der Waals surface area contributed by atoms with Gasteiger partial charge in [0.2, 0.25) is 0 Å². The predicted octanol–water partition coefficient (Wildman–Crippen LogP) is 3.54. The maximum Gasteiger partial charge on any atom is 0.149 e. The monoisotopic (exact) mass is 299 g/mol. The third-order valence-corrected chi connectivity index (χ3v) is 3.85. The summed E-state index contributed by atoms with van der Waals surface area (Å²) in [4.78, 5) is 0. The molecule has 0 aliphatic carbocycles. The Balaban J connectivity index is 2.08. The van der Waals surface area contributed by atoms with E-state index < -0.39 is 0 Å². The van der Waals surface area contributed by atoms with Gasteiger partial charge in [-0.25, -0.2) is 4.39 Å². The second-order valence-electron chi connectivity index (χ2n) is 4.48. The van der Waals surface area contributed by atoms with E-state index >= 15 is 0 Å². The zero-order valence-corrected chi connectivity index (χ0v) is 12.4. The summed E-state index contributed by atoms with van der Waals surface area (Å²) >= 11 is 7.49. The lowest BCUT2D eigenvalue weighted by Crippen LogP contribution is -2.24. The molecule has 19 heavy (non-hydrogen) atoms. The van der Waals surface area contributed by atoms with Gasteiger partial charge >= 0.3 is 0 Å². The Hall–Kier alpha value is -1.04. The Morgan fingerprint density at radius 1 is 1.37 bits per heavy atom. The number of aromatic nitrogens is 2. The molecule has 0 unspecified atom stereocenters. The minimum absolute atomic E-state index is 0.348. The average Bonchev–Trinajstić information content (AvgIpc) is 2.77. The van der Waals surface area contributed by atoms with Crippen LogP contribution in [0.25, 0.3) is 10.6 Å². The van der Waals surface area contributed by atoms with Gasteiger partial charge in [-0.3, -0.25) is 0 Å². The zero-order valence-electron chi connectivity index (χ0n) is 10.8. The van der Waals surface area contributed by atoms with Crippen molar-refractivity contribution in [2.24, 2.45) is 0 Å². The number of halogens is 2. The third kappa shape index (κ3) is 3.96. The fourth-order valence-electron chi connectivity index (χ4n) is 1.59. The van der Waals surface area contributed by atoms with E-state index in [-0.39, 0.29) is 5.82 Å². The van der Waals surface area contributed by atoms with Crippen LogP contribution in [0.2, 0.25) is 5.02 Å². The summed E-state index contributed by atoms with van der Waals surface area (Å²) < 4.78 is 13.0. The number of hydrogen-bond acceptors (Lipinski definition) is 4. The van der Waals surface area contributed by atoms with Crippen molar-refractivity contribution in [1.29, 1.82) is 0 Å². The molecular weight excluding hydrogens is 285 g/mol. The minimum Gasteiger partial charge on any atom is -0.314 e. The van der Waals surface area contributed by atoms with E-state index in [1.807, 2.05) is 0 Å². The Labute approximate surface area is 120 Å². The van der Waals surface area contributed by atoms with Gasteiger partial charge in [-0.2, -0.15) is 0 Å². The Morgan fingerprint density at radius 2 is 2.16 bits per heavy atom. The average molecular weight is 300 g/mol. The van der Waals surface area contributed by atoms with Gasteiger partial charge in [0.25, 0.3) is 0 Å². The number of rotatable bonds is 5. The first-order valence-electron chi connectivity index (χ1n) is 6.07. The summed E-state index contributed by atoms with van der Waals surface area (Å²) in [6, 6.07) is 4.76. The zero-order chi connectivity index (χ0) is 13.8. The summed E-state index contributed by atoms with van der Waals surface area (Å²) in [5, 5.41) is 13.6. The van der Waals surface area contributed by atoms with Crippen molar-refractivity contribution in [1.82, 2.24) is 15.5 Å². The molecule has 2 rings (SSSR count). The van der Waals surface area contributed by atoms with E-state index in [4.69, 9.17) is 11.6 Å². The number of nitrogens with zero attached hydrogens (tertiary/aromatic N) is 2. The molecule has 0 saturated heterocycles. The SMILES string of the molecule is CC(C)NCCc1nnc(-c2ccc(F)cc2Cl)s1. The van der Waals surface area contributed by atoms with Crippen LogP contribution in [0.4, 0.5) is 4.39 Å². The van der Waals surface area contributed by atoms with Crippen LogP contribution in [-0.4, -0.2) is 22.8 Å². The highest BCUT2D eigenvalue weighted by molar-refractivity contribution is 7.14. The van der Waals surface area contributed by atoms with Gasteiger partial charge in [0.1, 0.15) is 15.8 Å². The first-order chi connectivity index (χ1) is 9.06. The van der Waals surface area contributed by atoms with E-state index in [9.17, 15) is 4.39 Å². The summed E-state index contributed by atoms with van der Waals surface area (Å²) in [6.07, 6.45) is 0.828. The molecule has 2 aromatic rings. The quantitative estimate of drug-likeness (QED) is 0.917. The van der Waals surface area contributed by atoms with Gasteiger partial charge < -0.3 is 5.32 Å². The van der Waals surface area contributed by atoms with Gasteiger partial charge in [0, 0.05) is 24.6 Å². The molecule has 0 saturated carbocycles. The molecule has 0 radical (unpaired) electrons. The summed E-state index contributed by atoms with van der Waals surface area (Å²) in [5.41, 5.74) is 0.726. The molecule has 0 amide bonds. The fourth-order valence-corrected chi connectivity index (χ4v) is 2.79. The predicted molar refractivity (Wildman–Crippen MR) is 77.2 cm³/mol. The van der Waals surface area contributed by atoms with Crippen LogP contribution in [0, 0.1) is 5.82 Å².